The number of anilines is 2. The van der Waals surface area contributed by atoms with Gasteiger partial charge in [0.15, 0.2) is 0 Å². The highest BCUT2D eigenvalue weighted by molar-refractivity contribution is 5.96. The van der Waals surface area contributed by atoms with Crippen LogP contribution >= 0.6 is 0 Å². The molecule has 0 saturated carbocycles. The van der Waals surface area contributed by atoms with E-state index >= 15 is 0 Å². The predicted octanol–water partition coefficient (Wildman–Crippen LogP) is 3.49. The molecule has 0 saturated heterocycles. The first-order valence-electron chi connectivity index (χ1n) is 8.49. The molecular formula is C20H25N3O2. The van der Waals surface area contributed by atoms with E-state index < -0.39 is 0 Å². The summed E-state index contributed by atoms with van der Waals surface area (Å²) in [5.74, 6) is -0.236. The number of rotatable bonds is 7. The quantitative estimate of drug-likeness (QED) is 0.723. The lowest BCUT2D eigenvalue weighted by molar-refractivity contribution is -0.114. The summed E-state index contributed by atoms with van der Waals surface area (Å²) in [5, 5.41) is 8.79. The smallest absolute Gasteiger partial charge is 0.251 e. The molecule has 5 heteroatoms. The van der Waals surface area contributed by atoms with E-state index in [9.17, 15) is 9.59 Å². The summed E-state index contributed by atoms with van der Waals surface area (Å²) < 4.78 is 0. The maximum absolute atomic E-state index is 12.1. The van der Waals surface area contributed by atoms with Gasteiger partial charge in [-0.2, -0.15) is 0 Å². The van der Waals surface area contributed by atoms with E-state index in [4.69, 9.17) is 0 Å². The van der Waals surface area contributed by atoms with Crippen LogP contribution < -0.4 is 16.0 Å². The normalized spacial score (nSPS) is 10.2. The number of carbonyl (C=O) groups is 2. The molecule has 2 aromatic carbocycles. The van der Waals surface area contributed by atoms with Gasteiger partial charge in [0.25, 0.3) is 5.91 Å². The molecule has 0 unspecified atom stereocenters. The van der Waals surface area contributed by atoms with Crippen molar-refractivity contribution >= 4 is 23.2 Å². The number of carbonyl (C=O) groups excluding carboxylic acids is 2. The zero-order valence-corrected chi connectivity index (χ0v) is 15.0. The predicted molar refractivity (Wildman–Crippen MR) is 102 cm³/mol. The molecule has 0 aliphatic heterocycles. The highest BCUT2D eigenvalue weighted by Crippen LogP contribution is 2.16. The van der Waals surface area contributed by atoms with Gasteiger partial charge in [-0.1, -0.05) is 19.1 Å². The fraction of sp³-hybridized carbons (Fsp3) is 0.300. The SMILES string of the molecule is CCCNC(=O)c1ccc(NC(=O)CNc2cc(C)ccc2C)cc1. The summed E-state index contributed by atoms with van der Waals surface area (Å²) in [7, 11) is 0. The molecule has 2 amide bonds. The molecule has 0 bridgehead atoms. The second-order valence-electron chi connectivity index (χ2n) is 6.05. The van der Waals surface area contributed by atoms with Crippen LogP contribution in [0.3, 0.4) is 0 Å². The highest BCUT2D eigenvalue weighted by atomic mass is 16.2. The van der Waals surface area contributed by atoms with Crippen LogP contribution in [-0.4, -0.2) is 24.9 Å². The van der Waals surface area contributed by atoms with E-state index in [1.807, 2.05) is 39.0 Å². The van der Waals surface area contributed by atoms with Crippen molar-refractivity contribution in [3.8, 4) is 0 Å². The van der Waals surface area contributed by atoms with Gasteiger partial charge in [-0.05, 0) is 61.7 Å². The van der Waals surface area contributed by atoms with Gasteiger partial charge in [0.2, 0.25) is 5.91 Å². The summed E-state index contributed by atoms with van der Waals surface area (Å²) in [6.07, 6.45) is 0.896. The van der Waals surface area contributed by atoms with Crippen LogP contribution in [0.5, 0.6) is 0 Å². The van der Waals surface area contributed by atoms with E-state index in [2.05, 4.69) is 16.0 Å². The maximum atomic E-state index is 12.1. The molecule has 0 heterocycles. The Bertz CT molecular complexity index is 739. The number of aryl methyl sites for hydroxylation is 2. The Morgan fingerprint density at radius 1 is 1.00 bits per heavy atom. The van der Waals surface area contributed by atoms with Crippen molar-refractivity contribution in [1.82, 2.24) is 5.32 Å². The lowest BCUT2D eigenvalue weighted by Gasteiger charge is -2.11. The first kappa shape index (κ1) is 18.5. The highest BCUT2D eigenvalue weighted by Gasteiger charge is 2.07. The van der Waals surface area contributed by atoms with E-state index in [-0.39, 0.29) is 18.4 Å². The Balaban J connectivity index is 1.88. The molecule has 0 atom stereocenters. The molecule has 0 aromatic heterocycles. The largest absolute Gasteiger partial charge is 0.376 e. The van der Waals surface area contributed by atoms with Crippen LogP contribution in [-0.2, 0) is 4.79 Å². The third kappa shape index (κ3) is 5.64. The minimum Gasteiger partial charge on any atom is -0.376 e. The lowest BCUT2D eigenvalue weighted by Crippen LogP contribution is -2.24. The molecule has 2 rings (SSSR count). The summed E-state index contributed by atoms with van der Waals surface area (Å²) >= 11 is 0. The zero-order chi connectivity index (χ0) is 18.2. The first-order valence-corrected chi connectivity index (χ1v) is 8.49. The van der Waals surface area contributed by atoms with Crippen molar-refractivity contribution in [1.29, 1.82) is 0 Å². The maximum Gasteiger partial charge on any atom is 0.251 e. The average molecular weight is 339 g/mol. The van der Waals surface area contributed by atoms with E-state index in [1.54, 1.807) is 24.3 Å². The van der Waals surface area contributed by atoms with Gasteiger partial charge in [-0.3, -0.25) is 9.59 Å². The van der Waals surface area contributed by atoms with Crippen LogP contribution in [0.15, 0.2) is 42.5 Å². The van der Waals surface area contributed by atoms with Gasteiger partial charge in [0.05, 0.1) is 6.54 Å². The monoisotopic (exact) mass is 339 g/mol. The fourth-order valence-electron chi connectivity index (χ4n) is 2.35. The summed E-state index contributed by atoms with van der Waals surface area (Å²) in [6.45, 7) is 6.86. The zero-order valence-electron chi connectivity index (χ0n) is 15.0. The fourth-order valence-corrected chi connectivity index (χ4v) is 2.35. The van der Waals surface area contributed by atoms with Crippen LogP contribution in [0.2, 0.25) is 0 Å². The Kier molecular flexibility index (Phi) is 6.57. The molecule has 132 valence electrons. The number of benzene rings is 2. The molecule has 0 spiro atoms. The molecule has 0 fully saturated rings. The van der Waals surface area contributed by atoms with Crippen molar-refractivity contribution < 1.29 is 9.59 Å². The number of hydrogen-bond acceptors (Lipinski definition) is 3. The molecule has 25 heavy (non-hydrogen) atoms. The van der Waals surface area contributed by atoms with Gasteiger partial charge in [-0.15, -0.1) is 0 Å². The minimum absolute atomic E-state index is 0.101. The van der Waals surface area contributed by atoms with Crippen molar-refractivity contribution in [2.75, 3.05) is 23.7 Å². The second-order valence-corrected chi connectivity index (χ2v) is 6.05. The number of nitrogens with one attached hydrogen (secondary N) is 3. The topological polar surface area (TPSA) is 70.2 Å². The molecule has 5 nitrogen and oxygen atoms in total. The van der Waals surface area contributed by atoms with Crippen LogP contribution in [0.1, 0.15) is 34.8 Å². The van der Waals surface area contributed by atoms with Crippen molar-refractivity contribution in [2.24, 2.45) is 0 Å². The molecule has 0 aliphatic carbocycles. The van der Waals surface area contributed by atoms with Gasteiger partial charge in [0.1, 0.15) is 0 Å². The standard InChI is InChI=1S/C20H25N3O2/c1-4-11-21-20(25)16-7-9-17(10-8-16)23-19(24)13-22-18-12-14(2)5-6-15(18)3/h5-10,12,22H,4,11,13H2,1-3H3,(H,21,25)(H,23,24). The van der Waals surface area contributed by atoms with E-state index in [1.165, 1.54) is 0 Å². The summed E-state index contributed by atoms with van der Waals surface area (Å²) in [4.78, 5) is 23.9. The van der Waals surface area contributed by atoms with Gasteiger partial charge in [-0.25, -0.2) is 0 Å². The third-order valence-corrected chi connectivity index (χ3v) is 3.80. The third-order valence-electron chi connectivity index (χ3n) is 3.80. The lowest BCUT2D eigenvalue weighted by atomic mass is 10.1. The van der Waals surface area contributed by atoms with Crippen LogP contribution in [0.25, 0.3) is 0 Å². The Morgan fingerprint density at radius 2 is 1.72 bits per heavy atom. The Hall–Kier alpha value is -2.82. The Morgan fingerprint density at radius 3 is 2.40 bits per heavy atom. The van der Waals surface area contributed by atoms with Crippen molar-refractivity contribution in [3.63, 3.8) is 0 Å². The van der Waals surface area contributed by atoms with Gasteiger partial charge >= 0.3 is 0 Å². The van der Waals surface area contributed by atoms with Gasteiger partial charge in [0, 0.05) is 23.5 Å². The Labute approximate surface area is 148 Å². The van der Waals surface area contributed by atoms with Crippen molar-refractivity contribution in [3.05, 3.63) is 59.2 Å². The molecule has 2 aromatic rings. The first-order chi connectivity index (χ1) is 12.0. The summed E-state index contributed by atoms with van der Waals surface area (Å²) in [5.41, 5.74) is 4.45. The molecule has 0 aliphatic rings. The molecule has 0 radical (unpaired) electrons. The van der Waals surface area contributed by atoms with Crippen LogP contribution in [0.4, 0.5) is 11.4 Å². The average Bonchev–Trinajstić information content (AvgIpc) is 2.61. The van der Waals surface area contributed by atoms with Crippen LogP contribution in [0, 0.1) is 13.8 Å². The van der Waals surface area contributed by atoms with Crippen molar-refractivity contribution in [2.45, 2.75) is 27.2 Å². The van der Waals surface area contributed by atoms with Gasteiger partial charge < -0.3 is 16.0 Å². The summed E-state index contributed by atoms with van der Waals surface area (Å²) in [6, 6.07) is 13.0. The molecule has 3 N–H and O–H groups in total. The van der Waals surface area contributed by atoms with E-state index in [0.717, 1.165) is 23.2 Å². The number of hydrogen-bond donors (Lipinski definition) is 3. The molecular weight excluding hydrogens is 314 g/mol. The van der Waals surface area contributed by atoms with E-state index in [0.29, 0.717) is 17.8 Å². The minimum atomic E-state index is -0.135. The number of amides is 2. The second kappa shape index (κ2) is 8.87.